The summed E-state index contributed by atoms with van der Waals surface area (Å²) in [6.45, 7) is 7.46. The van der Waals surface area contributed by atoms with E-state index in [0.717, 1.165) is 43.6 Å². The number of primary amides is 1. The predicted octanol–water partition coefficient (Wildman–Crippen LogP) is 2.68. The third kappa shape index (κ3) is 4.45. The third-order valence-electron chi connectivity index (χ3n) is 9.13. The van der Waals surface area contributed by atoms with Crippen molar-refractivity contribution in [1.82, 2.24) is 9.80 Å². The number of ketones is 2. The van der Waals surface area contributed by atoms with Crippen LogP contribution >= 0.6 is 0 Å². The normalized spacial score (nSPS) is 28.2. The maximum atomic E-state index is 13.9. The molecular weight excluding hydrogens is 498 g/mol. The maximum absolute atomic E-state index is 13.9. The summed E-state index contributed by atoms with van der Waals surface area (Å²) < 4.78 is 0. The topological polar surface area (TPSA) is 144 Å². The fourth-order valence-electron chi connectivity index (χ4n) is 7.62. The number of benzene rings is 1. The van der Waals surface area contributed by atoms with Gasteiger partial charge in [0, 0.05) is 12.1 Å². The van der Waals surface area contributed by atoms with Crippen LogP contribution in [-0.2, 0) is 20.8 Å². The summed E-state index contributed by atoms with van der Waals surface area (Å²) in [6.07, 6.45) is 2.76. The number of phenolic OH excluding ortho intramolecular Hbond substituents is 1. The number of rotatable bonds is 5. The van der Waals surface area contributed by atoms with Gasteiger partial charge in [-0.2, -0.15) is 0 Å². The van der Waals surface area contributed by atoms with Crippen LogP contribution in [-0.4, -0.2) is 82.4 Å². The molecule has 39 heavy (non-hydrogen) atoms. The number of aromatic hydroxyl groups is 1. The van der Waals surface area contributed by atoms with Gasteiger partial charge in [0.15, 0.2) is 11.6 Å². The lowest BCUT2D eigenvalue weighted by Crippen LogP contribution is -2.55. The van der Waals surface area contributed by atoms with Crippen molar-refractivity contribution in [3.63, 3.8) is 0 Å². The lowest BCUT2D eigenvalue weighted by atomic mass is 9.59. The fourth-order valence-corrected chi connectivity index (χ4v) is 7.62. The summed E-state index contributed by atoms with van der Waals surface area (Å²) >= 11 is 0. The Labute approximate surface area is 229 Å². The summed E-state index contributed by atoms with van der Waals surface area (Å²) in [5.74, 6) is -4.54. The molecule has 9 nitrogen and oxygen atoms in total. The van der Waals surface area contributed by atoms with Crippen molar-refractivity contribution in [2.75, 3.05) is 33.7 Å². The number of Topliss-reactive ketones (excluding diaryl/α,β-unsaturated/α-hetero) is 2. The lowest BCUT2D eigenvalue weighted by Gasteiger charge is -2.46. The van der Waals surface area contributed by atoms with Crippen LogP contribution in [0.4, 0.5) is 0 Å². The van der Waals surface area contributed by atoms with E-state index < -0.39 is 46.7 Å². The van der Waals surface area contributed by atoms with E-state index in [4.69, 9.17) is 5.73 Å². The number of phenols is 1. The molecule has 1 saturated heterocycles. The van der Waals surface area contributed by atoms with Gasteiger partial charge in [-0.3, -0.25) is 19.3 Å². The molecule has 1 heterocycles. The van der Waals surface area contributed by atoms with E-state index in [1.54, 1.807) is 25.1 Å². The number of nitrogens with two attached hydrogens (primary N) is 1. The van der Waals surface area contributed by atoms with Crippen LogP contribution in [0.1, 0.15) is 55.7 Å². The number of fused-ring (bicyclic) bond motifs is 3. The van der Waals surface area contributed by atoms with Gasteiger partial charge in [-0.25, -0.2) is 0 Å². The molecule has 5 rings (SSSR count). The Balaban J connectivity index is 1.54. The Kier molecular flexibility index (Phi) is 7.09. The molecule has 1 amide bonds. The number of aliphatic hydroxyl groups excluding tert-OH is 2. The number of carbonyl (C=O) groups excluding carboxylic acids is 3. The molecule has 1 aromatic rings. The lowest BCUT2D eigenvalue weighted by molar-refractivity contribution is -0.136. The first-order valence-corrected chi connectivity index (χ1v) is 13.9. The smallest absolute Gasteiger partial charge is 0.255 e. The molecule has 4 atom stereocenters. The van der Waals surface area contributed by atoms with E-state index in [1.165, 1.54) is 0 Å². The van der Waals surface area contributed by atoms with E-state index >= 15 is 0 Å². The van der Waals surface area contributed by atoms with Crippen molar-refractivity contribution in [3.05, 3.63) is 45.7 Å². The maximum Gasteiger partial charge on any atom is 0.255 e. The highest BCUT2D eigenvalue weighted by atomic mass is 16.3. The van der Waals surface area contributed by atoms with Gasteiger partial charge in [-0.1, -0.05) is 19.9 Å². The van der Waals surface area contributed by atoms with Crippen molar-refractivity contribution in [1.29, 1.82) is 0 Å². The average Bonchev–Trinajstić information content (AvgIpc) is 2.83. The standard InChI is InChI=1S/C30H39N3O6/c1-14(2)13-33-9-7-15(8-10-33)17-5-6-20(34)22-18(17)11-16-12-19-23(27(36)21(16)26(22)35)28(37)24(30(31)39)29(38)25(19)32(3)4/h5-6,14-16,19,23,25,34-35,38H,7-13H2,1-4H3,(H2,31,39)/t16?,19?,23?,25-/m0/s1. The number of hydrogen-bond donors (Lipinski definition) is 4. The van der Waals surface area contributed by atoms with Gasteiger partial charge in [-0.15, -0.1) is 0 Å². The summed E-state index contributed by atoms with van der Waals surface area (Å²) in [6, 6.07) is 2.79. The van der Waals surface area contributed by atoms with Gasteiger partial charge < -0.3 is 26.0 Å². The number of piperidine rings is 1. The average molecular weight is 538 g/mol. The molecule has 0 bridgehead atoms. The highest BCUT2D eigenvalue weighted by Crippen LogP contribution is 2.51. The van der Waals surface area contributed by atoms with E-state index in [1.807, 2.05) is 6.07 Å². The van der Waals surface area contributed by atoms with Gasteiger partial charge in [0.1, 0.15) is 22.8 Å². The summed E-state index contributed by atoms with van der Waals surface area (Å²) in [7, 11) is 3.44. The van der Waals surface area contributed by atoms with Gasteiger partial charge in [0.2, 0.25) is 0 Å². The highest BCUT2D eigenvalue weighted by Gasteiger charge is 2.55. The fraction of sp³-hybridized carbons (Fsp3) is 0.567. The number of nitrogens with zero attached hydrogens (tertiary/aromatic N) is 2. The Morgan fingerprint density at radius 3 is 2.33 bits per heavy atom. The molecule has 1 aromatic carbocycles. The molecule has 0 radical (unpaired) electrons. The van der Waals surface area contributed by atoms with Crippen LogP contribution in [0, 0.1) is 23.7 Å². The molecule has 9 heteroatoms. The Hall–Kier alpha value is -3.17. The number of hydrogen-bond acceptors (Lipinski definition) is 8. The van der Waals surface area contributed by atoms with E-state index in [0.29, 0.717) is 18.8 Å². The highest BCUT2D eigenvalue weighted by molar-refractivity contribution is 6.28. The number of allylic oxidation sites excluding steroid dienone is 1. The third-order valence-corrected chi connectivity index (χ3v) is 9.13. The Morgan fingerprint density at radius 2 is 1.74 bits per heavy atom. The zero-order chi connectivity index (χ0) is 28.3. The number of likely N-dealkylation sites (tertiary alicyclic amines) is 1. The predicted molar refractivity (Wildman–Crippen MR) is 146 cm³/mol. The number of likely N-dealkylation sites (N-methyl/N-ethyl adjacent to an activating group) is 1. The van der Waals surface area contributed by atoms with Crippen molar-refractivity contribution < 1.29 is 29.7 Å². The number of carbonyl (C=O) groups is 3. The largest absolute Gasteiger partial charge is 0.510 e. The monoisotopic (exact) mass is 537 g/mol. The van der Waals surface area contributed by atoms with Crippen LogP contribution in [0.5, 0.6) is 5.75 Å². The first-order valence-electron chi connectivity index (χ1n) is 13.9. The van der Waals surface area contributed by atoms with E-state index in [-0.39, 0.29) is 34.5 Å². The van der Waals surface area contributed by atoms with Gasteiger partial charge in [0.25, 0.3) is 5.91 Å². The molecular formula is C30H39N3O6. The van der Waals surface area contributed by atoms with Crippen molar-refractivity contribution >= 4 is 23.2 Å². The second-order valence-electron chi connectivity index (χ2n) is 12.3. The van der Waals surface area contributed by atoms with Gasteiger partial charge in [-0.05, 0) is 93.7 Å². The molecule has 0 spiro atoms. The van der Waals surface area contributed by atoms with E-state index in [2.05, 4.69) is 18.7 Å². The van der Waals surface area contributed by atoms with Crippen molar-refractivity contribution in [2.24, 2.45) is 29.4 Å². The minimum Gasteiger partial charge on any atom is -0.510 e. The first-order chi connectivity index (χ1) is 18.4. The molecule has 210 valence electrons. The SMILES string of the molecule is CC(C)CN1CCC(c2ccc(O)c3c2CC2CC4C(C(=O)C(C(N)=O)=C(O)[C@H]4N(C)C)C(=O)C2=C3O)CC1. The van der Waals surface area contributed by atoms with Crippen molar-refractivity contribution in [2.45, 2.75) is 51.5 Å². The van der Waals surface area contributed by atoms with Crippen LogP contribution in [0.15, 0.2) is 29.0 Å². The van der Waals surface area contributed by atoms with Crippen LogP contribution in [0.2, 0.25) is 0 Å². The molecule has 5 N–H and O–H groups in total. The second kappa shape index (κ2) is 10.1. The minimum absolute atomic E-state index is 0.0964. The van der Waals surface area contributed by atoms with Crippen LogP contribution < -0.4 is 5.73 Å². The molecule has 1 aliphatic heterocycles. The molecule has 3 unspecified atom stereocenters. The minimum atomic E-state index is -1.23. The summed E-state index contributed by atoms with van der Waals surface area (Å²) in [5, 5.41) is 33.2. The molecule has 2 fully saturated rings. The van der Waals surface area contributed by atoms with E-state index in [9.17, 15) is 29.7 Å². The number of amides is 1. The summed E-state index contributed by atoms with van der Waals surface area (Å²) in [5.41, 5.74) is 7.23. The Bertz CT molecular complexity index is 1290. The zero-order valence-electron chi connectivity index (χ0n) is 23.1. The molecule has 3 aliphatic carbocycles. The Morgan fingerprint density at radius 1 is 1.08 bits per heavy atom. The first kappa shape index (κ1) is 27.4. The van der Waals surface area contributed by atoms with Gasteiger partial charge >= 0.3 is 0 Å². The van der Waals surface area contributed by atoms with Crippen molar-refractivity contribution in [3.8, 4) is 5.75 Å². The summed E-state index contributed by atoms with van der Waals surface area (Å²) in [4.78, 5) is 43.5. The second-order valence-corrected chi connectivity index (χ2v) is 12.3. The quantitative estimate of drug-likeness (QED) is 0.332. The number of aliphatic hydroxyl groups is 2. The molecule has 0 aromatic heterocycles. The zero-order valence-corrected chi connectivity index (χ0v) is 23.1. The van der Waals surface area contributed by atoms with Crippen LogP contribution in [0.25, 0.3) is 5.76 Å². The molecule has 1 saturated carbocycles. The molecule has 4 aliphatic rings. The van der Waals surface area contributed by atoms with Crippen LogP contribution in [0.3, 0.4) is 0 Å². The van der Waals surface area contributed by atoms with Gasteiger partial charge in [0.05, 0.1) is 17.5 Å².